The highest BCUT2D eigenvalue weighted by atomic mass is 16.5. The summed E-state index contributed by atoms with van der Waals surface area (Å²) in [5, 5.41) is 0. The van der Waals surface area contributed by atoms with Crippen molar-refractivity contribution in [2.75, 3.05) is 19.7 Å². The highest BCUT2D eigenvalue weighted by Gasteiger charge is 2.21. The van der Waals surface area contributed by atoms with Crippen LogP contribution in [0.5, 0.6) is 0 Å². The quantitative estimate of drug-likeness (QED) is 0.607. The standard InChI is InChI=1S/C25H27NO/c1-19-8-9-20(2)24(16-19)22-12-10-21(11-13-22)17-26-14-15-27-25(18-26)23-6-4-3-5-7-23/h3-13,16,25H,14-15,17-18H2,1-2H3. The minimum Gasteiger partial charge on any atom is -0.371 e. The van der Waals surface area contributed by atoms with E-state index in [-0.39, 0.29) is 6.10 Å². The van der Waals surface area contributed by atoms with Crippen LogP contribution in [0.1, 0.15) is 28.4 Å². The molecular formula is C25H27NO. The van der Waals surface area contributed by atoms with Crippen molar-refractivity contribution in [3.05, 3.63) is 95.1 Å². The molecule has 0 spiro atoms. The Balaban J connectivity index is 1.44. The van der Waals surface area contributed by atoms with E-state index in [9.17, 15) is 0 Å². The Morgan fingerprint density at radius 2 is 1.70 bits per heavy atom. The van der Waals surface area contributed by atoms with Gasteiger partial charge in [0.25, 0.3) is 0 Å². The molecule has 1 aliphatic heterocycles. The van der Waals surface area contributed by atoms with Crippen LogP contribution in [0.2, 0.25) is 0 Å². The van der Waals surface area contributed by atoms with Gasteiger partial charge in [-0.1, -0.05) is 78.4 Å². The Labute approximate surface area is 162 Å². The molecule has 0 saturated carbocycles. The van der Waals surface area contributed by atoms with E-state index >= 15 is 0 Å². The Kier molecular flexibility index (Phi) is 5.38. The number of ether oxygens (including phenoxy) is 1. The maximum absolute atomic E-state index is 5.99. The van der Waals surface area contributed by atoms with E-state index in [2.05, 4.69) is 91.5 Å². The minimum absolute atomic E-state index is 0.175. The third-order valence-electron chi connectivity index (χ3n) is 5.39. The number of rotatable bonds is 4. The zero-order chi connectivity index (χ0) is 18.6. The largest absolute Gasteiger partial charge is 0.371 e. The van der Waals surface area contributed by atoms with Gasteiger partial charge in [-0.25, -0.2) is 0 Å². The fourth-order valence-electron chi connectivity index (χ4n) is 3.81. The SMILES string of the molecule is Cc1ccc(C)c(-c2ccc(CN3CCOC(c4ccccc4)C3)cc2)c1. The molecular weight excluding hydrogens is 330 g/mol. The van der Waals surface area contributed by atoms with Crippen molar-refractivity contribution in [3.8, 4) is 11.1 Å². The third kappa shape index (κ3) is 4.29. The normalized spacial score (nSPS) is 17.8. The zero-order valence-electron chi connectivity index (χ0n) is 16.2. The van der Waals surface area contributed by atoms with Crippen molar-refractivity contribution in [3.63, 3.8) is 0 Å². The van der Waals surface area contributed by atoms with Crippen molar-refractivity contribution >= 4 is 0 Å². The monoisotopic (exact) mass is 357 g/mol. The van der Waals surface area contributed by atoms with E-state index in [0.29, 0.717) is 0 Å². The second kappa shape index (κ2) is 8.08. The Hall–Kier alpha value is -2.42. The summed E-state index contributed by atoms with van der Waals surface area (Å²) in [6.45, 7) is 8.03. The summed E-state index contributed by atoms with van der Waals surface area (Å²) in [4.78, 5) is 2.49. The summed E-state index contributed by atoms with van der Waals surface area (Å²) in [7, 11) is 0. The molecule has 0 radical (unpaired) electrons. The summed E-state index contributed by atoms with van der Waals surface area (Å²) in [6.07, 6.45) is 0.175. The summed E-state index contributed by atoms with van der Waals surface area (Å²) < 4.78 is 5.99. The van der Waals surface area contributed by atoms with E-state index in [1.165, 1.54) is 33.4 Å². The van der Waals surface area contributed by atoms with Gasteiger partial charge in [0.2, 0.25) is 0 Å². The predicted molar refractivity (Wildman–Crippen MR) is 112 cm³/mol. The molecule has 1 unspecified atom stereocenters. The van der Waals surface area contributed by atoms with Crippen LogP contribution in [-0.2, 0) is 11.3 Å². The number of aryl methyl sites for hydroxylation is 2. The summed E-state index contributed by atoms with van der Waals surface area (Å²) >= 11 is 0. The molecule has 2 nitrogen and oxygen atoms in total. The number of hydrogen-bond donors (Lipinski definition) is 0. The van der Waals surface area contributed by atoms with Crippen molar-refractivity contribution in [2.45, 2.75) is 26.5 Å². The summed E-state index contributed by atoms with van der Waals surface area (Å²) in [6, 6.07) is 26.3. The van der Waals surface area contributed by atoms with Gasteiger partial charge in [0.1, 0.15) is 0 Å². The maximum Gasteiger partial charge on any atom is 0.0952 e. The van der Waals surface area contributed by atoms with Gasteiger partial charge >= 0.3 is 0 Å². The molecule has 138 valence electrons. The van der Waals surface area contributed by atoms with E-state index in [1.54, 1.807) is 0 Å². The molecule has 0 aromatic heterocycles. The van der Waals surface area contributed by atoms with Gasteiger partial charge in [-0.15, -0.1) is 0 Å². The molecule has 0 N–H and O–H groups in total. The molecule has 1 saturated heterocycles. The van der Waals surface area contributed by atoms with Crippen LogP contribution in [0.3, 0.4) is 0 Å². The number of benzene rings is 3. The van der Waals surface area contributed by atoms with Gasteiger partial charge in [-0.3, -0.25) is 4.90 Å². The molecule has 0 amide bonds. The zero-order valence-corrected chi connectivity index (χ0v) is 16.2. The lowest BCUT2D eigenvalue weighted by Gasteiger charge is -2.33. The van der Waals surface area contributed by atoms with Gasteiger partial charge in [0.05, 0.1) is 12.7 Å². The molecule has 0 aliphatic carbocycles. The third-order valence-corrected chi connectivity index (χ3v) is 5.39. The van der Waals surface area contributed by atoms with Crippen LogP contribution < -0.4 is 0 Å². The van der Waals surface area contributed by atoms with Crippen LogP contribution in [0.25, 0.3) is 11.1 Å². The lowest BCUT2D eigenvalue weighted by Crippen LogP contribution is -2.37. The Morgan fingerprint density at radius 3 is 2.48 bits per heavy atom. The molecule has 1 aliphatic rings. The first kappa shape index (κ1) is 18.0. The van der Waals surface area contributed by atoms with Crippen molar-refractivity contribution in [1.82, 2.24) is 4.90 Å². The average molecular weight is 357 g/mol. The molecule has 2 heteroatoms. The first-order chi connectivity index (χ1) is 13.2. The van der Waals surface area contributed by atoms with Crippen molar-refractivity contribution < 1.29 is 4.74 Å². The summed E-state index contributed by atoms with van der Waals surface area (Å²) in [5.41, 5.74) is 7.89. The first-order valence-corrected chi connectivity index (χ1v) is 9.74. The smallest absolute Gasteiger partial charge is 0.0952 e. The van der Waals surface area contributed by atoms with E-state index < -0.39 is 0 Å². The number of morpholine rings is 1. The molecule has 1 heterocycles. The fourth-order valence-corrected chi connectivity index (χ4v) is 3.81. The highest BCUT2D eigenvalue weighted by Crippen LogP contribution is 2.26. The Morgan fingerprint density at radius 1 is 0.926 bits per heavy atom. The molecule has 0 bridgehead atoms. The molecule has 1 atom stereocenters. The summed E-state index contributed by atoms with van der Waals surface area (Å²) in [5.74, 6) is 0. The van der Waals surface area contributed by atoms with Crippen LogP contribution in [0, 0.1) is 13.8 Å². The van der Waals surface area contributed by atoms with Gasteiger partial charge in [0.15, 0.2) is 0 Å². The first-order valence-electron chi connectivity index (χ1n) is 9.74. The minimum atomic E-state index is 0.175. The van der Waals surface area contributed by atoms with Gasteiger partial charge < -0.3 is 4.74 Å². The van der Waals surface area contributed by atoms with Crippen LogP contribution in [0.4, 0.5) is 0 Å². The van der Waals surface area contributed by atoms with E-state index in [0.717, 1.165) is 26.2 Å². The fraction of sp³-hybridized carbons (Fsp3) is 0.280. The molecule has 3 aromatic rings. The van der Waals surface area contributed by atoms with Crippen molar-refractivity contribution in [1.29, 1.82) is 0 Å². The van der Waals surface area contributed by atoms with Crippen molar-refractivity contribution in [2.24, 2.45) is 0 Å². The second-order valence-corrected chi connectivity index (χ2v) is 7.52. The maximum atomic E-state index is 5.99. The van der Waals surface area contributed by atoms with Gasteiger partial charge in [-0.05, 0) is 41.7 Å². The highest BCUT2D eigenvalue weighted by molar-refractivity contribution is 5.68. The van der Waals surface area contributed by atoms with Gasteiger partial charge in [-0.2, -0.15) is 0 Å². The van der Waals surface area contributed by atoms with Gasteiger partial charge in [0, 0.05) is 19.6 Å². The van der Waals surface area contributed by atoms with Crippen LogP contribution in [0.15, 0.2) is 72.8 Å². The molecule has 1 fully saturated rings. The topological polar surface area (TPSA) is 12.5 Å². The lowest BCUT2D eigenvalue weighted by atomic mass is 9.97. The van der Waals surface area contributed by atoms with E-state index in [1.807, 2.05) is 0 Å². The number of hydrogen-bond acceptors (Lipinski definition) is 2. The molecule has 27 heavy (non-hydrogen) atoms. The average Bonchev–Trinajstić information content (AvgIpc) is 2.71. The van der Waals surface area contributed by atoms with Crippen LogP contribution in [-0.4, -0.2) is 24.6 Å². The van der Waals surface area contributed by atoms with Crippen LogP contribution >= 0.6 is 0 Å². The second-order valence-electron chi connectivity index (χ2n) is 7.52. The Bertz CT molecular complexity index is 886. The predicted octanol–water partition coefficient (Wildman–Crippen LogP) is 5.54. The van der Waals surface area contributed by atoms with E-state index in [4.69, 9.17) is 4.74 Å². The lowest BCUT2D eigenvalue weighted by molar-refractivity contribution is -0.0329. The number of nitrogens with zero attached hydrogens (tertiary/aromatic N) is 1. The molecule has 4 rings (SSSR count). The molecule has 3 aromatic carbocycles.